The standard InChI is InChI=1S/C26H22ClN3O5/c1-16(18-7-10-22-23(11-18)35-15-34-22)28-24(31)14-30-21-12-19(27)8-9-20(21)29(25(32)26(30)33)13-17-5-3-2-4-6-17/h2-12,16H,13-15H2,1H3,(H,28,31)/t16-/m1/s1. The molecule has 1 aliphatic rings. The molecule has 1 amide bonds. The second-order valence-electron chi connectivity index (χ2n) is 8.30. The third-order valence-electron chi connectivity index (χ3n) is 5.95. The van der Waals surface area contributed by atoms with E-state index in [4.69, 9.17) is 21.1 Å². The number of carbonyl (C=O) groups excluding carboxylic acids is 1. The number of benzene rings is 3. The maximum absolute atomic E-state index is 13.1. The predicted octanol–water partition coefficient (Wildman–Crippen LogP) is 3.47. The van der Waals surface area contributed by atoms with E-state index in [1.165, 1.54) is 9.13 Å². The molecule has 178 valence electrons. The fourth-order valence-corrected chi connectivity index (χ4v) is 4.33. The molecule has 0 spiro atoms. The van der Waals surface area contributed by atoms with E-state index in [0.717, 1.165) is 11.1 Å². The van der Waals surface area contributed by atoms with Gasteiger partial charge >= 0.3 is 11.1 Å². The summed E-state index contributed by atoms with van der Waals surface area (Å²) in [7, 11) is 0. The fraction of sp³-hybridized carbons (Fsp3) is 0.192. The topological polar surface area (TPSA) is 91.6 Å². The van der Waals surface area contributed by atoms with Gasteiger partial charge in [0.15, 0.2) is 11.5 Å². The molecule has 0 fully saturated rings. The molecule has 0 bridgehead atoms. The largest absolute Gasteiger partial charge is 0.454 e. The summed E-state index contributed by atoms with van der Waals surface area (Å²) in [6.45, 7) is 1.88. The van der Waals surface area contributed by atoms with Gasteiger partial charge in [-0.2, -0.15) is 0 Å². The monoisotopic (exact) mass is 491 g/mol. The van der Waals surface area contributed by atoms with Gasteiger partial charge < -0.3 is 14.8 Å². The van der Waals surface area contributed by atoms with E-state index in [2.05, 4.69) is 5.32 Å². The Hall–Kier alpha value is -4.04. The van der Waals surface area contributed by atoms with Crippen LogP contribution in [0.3, 0.4) is 0 Å². The first-order valence-electron chi connectivity index (χ1n) is 11.1. The molecule has 0 aliphatic carbocycles. The Labute approximate surface area is 205 Å². The first-order chi connectivity index (χ1) is 16.9. The Kier molecular flexibility index (Phi) is 6.05. The van der Waals surface area contributed by atoms with E-state index in [1.807, 2.05) is 43.3 Å². The summed E-state index contributed by atoms with van der Waals surface area (Å²) in [5.74, 6) is 0.847. The number of ether oxygens (including phenoxy) is 2. The number of fused-ring (bicyclic) bond motifs is 2. The van der Waals surface area contributed by atoms with E-state index in [0.29, 0.717) is 27.6 Å². The molecular weight excluding hydrogens is 470 g/mol. The molecule has 0 saturated heterocycles. The highest BCUT2D eigenvalue weighted by atomic mass is 35.5. The maximum atomic E-state index is 13.1. The van der Waals surface area contributed by atoms with Crippen molar-refractivity contribution >= 4 is 28.5 Å². The summed E-state index contributed by atoms with van der Waals surface area (Å²) in [6, 6.07) is 19.4. The normalized spacial score (nSPS) is 13.1. The minimum Gasteiger partial charge on any atom is -0.454 e. The lowest BCUT2D eigenvalue weighted by molar-refractivity contribution is -0.122. The van der Waals surface area contributed by atoms with Crippen LogP contribution in [0.4, 0.5) is 0 Å². The summed E-state index contributed by atoms with van der Waals surface area (Å²) < 4.78 is 13.3. The van der Waals surface area contributed by atoms with Crippen LogP contribution in [0.25, 0.3) is 11.0 Å². The van der Waals surface area contributed by atoms with Crippen molar-refractivity contribution in [2.75, 3.05) is 6.79 Å². The Bertz CT molecular complexity index is 1540. The third kappa shape index (κ3) is 4.52. The molecule has 9 heteroatoms. The van der Waals surface area contributed by atoms with Gasteiger partial charge in [-0.15, -0.1) is 0 Å². The molecule has 1 atom stereocenters. The lowest BCUT2D eigenvalue weighted by Crippen LogP contribution is -2.44. The first kappa shape index (κ1) is 22.7. The number of nitrogens with one attached hydrogen (secondary N) is 1. The molecule has 0 unspecified atom stereocenters. The number of rotatable bonds is 6. The van der Waals surface area contributed by atoms with Gasteiger partial charge in [0.25, 0.3) is 0 Å². The average Bonchev–Trinajstić information content (AvgIpc) is 3.33. The summed E-state index contributed by atoms with van der Waals surface area (Å²) in [5, 5.41) is 3.27. The van der Waals surface area contributed by atoms with Gasteiger partial charge in [0.1, 0.15) is 6.54 Å². The van der Waals surface area contributed by atoms with Crippen LogP contribution in [-0.4, -0.2) is 21.8 Å². The zero-order chi connectivity index (χ0) is 24.5. The molecule has 0 saturated carbocycles. The molecule has 1 aliphatic heterocycles. The van der Waals surface area contributed by atoms with Crippen molar-refractivity contribution in [3.8, 4) is 11.5 Å². The lowest BCUT2D eigenvalue weighted by Gasteiger charge is -2.18. The second kappa shape index (κ2) is 9.31. The number of halogens is 1. The number of nitrogens with zero attached hydrogens (tertiary/aromatic N) is 2. The van der Waals surface area contributed by atoms with Crippen LogP contribution in [0.1, 0.15) is 24.1 Å². The van der Waals surface area contributed by atoms with Gasteiger partial charge in [0, 0.05) is 5.02 Å². The van der Waals surface area contributed by atoms with Crippen molar-refractivity contribution in [1.82, 2.24) is 14.5 Å². The zero-order valence-electron chi connectivity index (χ0n) is 18.9. The molecule has 5 rings (SSSR count). The van der Waals surface area contributed by atoms with Gasteiger partial charge in [0.05, 0.1) is 23.6 Å². The number of hydrogen-bond donors (Lipinski definition) is 1. The molecular formula is C26H22ClN3O5. The van der Waals surface area contributed by atoms with Crippen molar-refractivity contribution in [1.29, 1.82) is 0 Å². The number of carbonyl (C=O) groups is 1. The molecule has 8 nitrogen and oxygen atoms in total. The van der Waals surface area contributed by atoms with Crippen LogP contribution >= 0.6 is 11.6 Å². The molecule has 3 aromatic carbocycles. The lowest BCUT2D eigenvalue weighted by atomic mass is 10.1. The van der Waals surface area contributed by atoms with Crippen LogP contribution in [0.5, 0.6) is 11.5 Å². The summed E-state index contributed by atoms with van der Waals surface area (Å²) in [5.41, 5.74) is 1.12. The zero-order valence-corrected chi connectivity index (χ0v) is 19.6. The van der Waals surface area contributed by atoms with Crippen LogP contribution in [0.2, 0.25) is 5.02 Å². The number of amides is 1. The van der Waals surface area contributed by atoms with E-state index in [9.17, 15) is 14.4 Å². The number of hydrogen-bond acceptors (Lipinski definition) is 5. The van der Waals surface area contributed by atoms with Crippen molar-refractivity contribution in [3.63, 3.8) is 0 Å². The highest BCUT2D eigenvalue weighted by Gasteiger charge is 2.19. The Balaban J connectivity index is 1.46. The van der Waals surface area contributed by atoms with Crippen LogP contribution < -0.4 is 25.9 Å². The average molecular weight is 492 g/mol. The molecule has 0 radical (unpaired) electrons. The quantitative estimate of drug-likeness (QED) is 0.417. The van der Waals surface area contributed by atoms with Crippen LogP contribution in [0, 0.1) is 0 Å². The minimum absolute atomic E-state index is 0.161. The highest BCUT2D eigenvalue weighted by Crippen LogP contribution is 2.34. The Morgan fingerprint density at radius 1 is 0.943 bits per heavy atom. The molecule has 4 aromatic rings. The molecule has 35 heavy (non-hydrogen) atoms. The van der Waals surface area contributed by atoms with Gasteiger partial charge in [0.2, 0.25) is 12.7 Å². The smallest absolute Gasteiger partial charge is 0.317 e. The third-order valence-corrected chi connectivity index (χ3v) is 6.19. The van der Waals surface area contributed by atoms with Crippen LogP contribution in [-0.2, 0) is 17.9 Å². The van der Waals surface area contributed by atoms with Crippen molar-refractivity contribution in [3.05, 3.63) is 104 Å². The van der Waals surface area contributed by atoms with Gasteiger partial charge in [-0.3, -0.25) is 23.5 Å². The highest BCUT2D eigenvalue weighted by molar-refractivity contribution is 6.31. The minimum atomic E-state index is -0.790. The summed E-state index contributed by atoms with van der Waals surface area (Å²) in [4.78, 5) is 39.1. The van der Waals surface area contributed by atoms with E-state index >= 15 is 0 Å². The van der Waals surface area contributed by atoms with E-state index in [1.54, 1.807) is 30.3 Å². The fourth-order valence-electron chi connectivity index (χ4n) is 4.17. The molecule has 1 aromatic heterocycles. The second-order valence-corrected chi connectivity index (χ2v) is 8.74. The summed E-state index contributed by atoms with van der Waals surface area (Å²) in [6.07, 6.45) is 0. The van der Waals surface area contributed by atoms with Crippen molar-refractivity contribution < 1.29 is 14.3 Å². The number of aromatic nitrogens is 2. The predicted molar refractivity (Wildman–Crippen MR) is 132 cm³/mol. The van der Waals surface area contributed by atoms with E-state index in [-0.39, 0.29) is 25.9 Å². The van der Waals surface area contributed by atoms with Gasteiger partial charge in [-0.1, -0.05) is 48.0 Å². The SMILES string of the molecule is C[C@@H](NC(=O)Cn1c(=O)c(=O)n(Cc2ccccc2)c2ccc(Cl)cc21)c1ccc2c(c1)OCO2. The van der Waals surface area contributed by atoms with Crippen molar-refractivity contribution in [2.24, 2.45) is 0 Å². The van der Waals surface area contributed by atoms with Crippen molar-refractivity contribution in [2.45, 2.75) is 26.1 Å². The molecule has 2 heterocycles. The van der Waals surface area contributed by atoms with Crippen LogP contribution in [0.15, 0.2) is 76.3 Å². The summed E-state index contributed by atoms with van der Waals surface area (Å²) >= 11 is 6.22. The Morgan fingerprint density at radius 3 is 2.49 bits per heavy atom. The van der Waals surface area contributed by atoms with Gasteiger partial charge in [-0.05, 0) is 48.4 Å². The van der Waals surface area contributed by atoms with Gasteiger partial charge in [-0.25, -0.2) is 0 Å². The maximum Gasteiger partial charge on any atom is 0.317 e. The Morgan fingerprint density at radius 2 is 1.69 bits per heavy atom. The first-order valence-corrected chi connectivity index (χ1v) is 11.4. The van der Waals surface area contributed by atoms with E-state index < -0.39 is 17.0 Å². The molecule has 1 N–H and O–H groups in total.